The third-order valence-electron chi connectivity index (χ3n) is 1.61. The zero-order chi connectivity index (χ0) is 11.4. The number of hydrogen-bond donors (Lipinski definition) is 1. The first-order chi connectivity index (χ1) is 7.00. The van der Waals surface area contributed by atoms with Crippen LogP contribution in [0.15, 0.2) is 38.8 Å². The topological polar surface area (TPSA) is 29.1 Å². The van der Waals surface area contributed by atoms with Gasteiger partial charge in [-0.15, -0.1) is 0 Å². The molecule has 1 amide bonds. The van der Waals surface area contributed by atoms with E-state index in [2.05, 4.69) is 43.8 Å². The fraction of sp³-hybridized carbons (Fsp3) is 0.100. The smallest absolute Gasteiger partial charge is 0.252 e. The van der Waals surface area contributed by atoms with E-state index in [1.54, 1.807) is 12.1 Å². The predicted octanol–water partition coefficient (Wildman–Crippen LogP) is 3.69. The number of carbonyl (C=O) groups is 1. The standard InChI is InChI=1S/C10H8Br2ClNO/c1-6(13)5-14-10(15)8-4-7(11)2-3-9(8)12/h2-4H,1,5H2,(H,14,15). The lowest BCUT2D eigenvalue weighted by Gasteiger charge is -2.06. The fourth-order valence-electron chi connectivity index (χ4n) is 0.943. The van der Waals surface area contributed by atoms with Crippen molar-refractivity contribution in [1.82, 2.24) is 5.32 Å². The highest BCUT2D eigenvalue weighted by molar-refractivity contribution is 9.11. The van der Waals surface area contributed by atoms with Crippen molar-refractivity contribution in [1.29, 1.82) is 0 Å². The summed E-state index contributed by atoms with van der Waals surface area (Å²) in [6.45, 7) is 3.75. The van der Waals surface area contributed by atoms with Gasteiger partial charge in [-0.2, -0.15) is 0 Å². The fourth-order valence-corrected chi connectivity index (χ4v) is 1.80. The number of carbonyl (C=O) groups excluding carboxylic acids is 1. The summed E-state index contributed by atoms with van der Waals surface area (Å²) in [5, 5.41) is 3.04. The molecule has 0 aromatic heterocycles. The van der Waals surface area contributed by atoms with Gasteiger partial charge in [0.1, 0.15) is 0 Å². The molecule has 0 saturated carbocycles. The molecule has 0 spiro atoms. The minimum Gasteiger partial charge on any atom is -0.347 e. The molecule has 0 bridgehead atoms. The van der Waals surface area contributed by atoms with Crippen LogP contribution in [0.25, 0.3) is 0 Å². The van der Waals surface area contributed by atoms with Gasteiger partial charge in [-0.25, -0.2) is 0 Å². The molecule has 0 aliphatic rings. The Balaban J connectivity index is 2.81. The Labute approximate surface area is 110 Å². The van der Waals surface area contributed by atoms with E-state index in [0.717, 1.165) is 8.95 Å². The third kappa shape index (κ3) is 3.97. The van der Waals surface area contributed by atoms with Gasteiger partial charge in [0.25, 0.3) is 5.91 Å². The summed E-state index contributed by atoms with van der Waals surface area (Å²) >= 11 is 12.2. The SMILES string of the molecule is C=C(Cl)CNC(=O)c1cc(Br)ccc1Br. The second-order valence-corrected chi connectivity index (χ2v) is 5.13. The van der Waals surface area contributed by atoms with Crippen LogP contribution < -0.4 is 5.32 Å². The highest BCUT2D eigenvalue weighted by Gasteiger charge is 2.09. The average Bonchev–Trinajstić information content (AvgIpc) is 2.18. The number of benzene rings is 1. The largest absolute Gasteiger partial charge is 0.347 e. The van der Waals surface area contributed by atoms with E-state index in [1.165, 1.54) is 0 Å². The van der Waals surface area contributed by atoms with Crippen LogP contribution in [0.5, 0.6) is 0 Å². The molecular formula is C10H8Br2ClNO. The Morgan fingerprint density at radius 1 is 1.47 bits per heavy atom. The van der Waals surface area contributed by atoms with Crippen LogP contribution in [0, 0.1) is 0 Å². The molecule has 0 radical (unpaired) electrons. The summed E-state index contributed by atoms with van der Waals surface area (Å²) in [5.74, 6) is -0.190. The molecule has 0 aliphatic carbocycles. The van der Waals surface area contributed by atoms with E-state index in [9.17, 15) is 4.79 Å². The maximum Gasteiger partial charge on any atom is 0.252 e. The summed E-state index contributed by atoms with van der Waals surface area (Å²) in [6, 6.07) is 5.38. The van der Waals surface area contributed by atoms with E-state index >= 15 is 0 Å². The monoisotopic (exact) mass is 351 g/mol. The molecular weight excluding hydrogens is 345 g/mol. The Kier molecular flexibility index (Phi) is 4.83. The van der Waals surface area contributed by atoms with Crippen molar-refractivity contribution >= 4 is 49.4 Å². The number of nitrogens with one attached hydrogen (secondary N) is 1. The minimum absolute atomic E-state index is 0.190. The Bertz CT molecular complexity index is 406. The summed E-state index contributed by atoms with van der Waals surface area (Å²) in [7, 11) is 0. The molecule has 0 saturated heterocycles. The number of hydrogen-bond acceptors (Lipinski definition) is 1. The molecule has 0 unspecified atom stereocenters. The van der Waals surface area contributed by atoms with E-state index in [0.29, 0.717) is 10.6 Å². The number of rotatable bonds is 3. The molecule has 1 rings (SSSR count). The van der Waals surface area contributed by atoms with Gasteiger partial charge in [0.2, 0.25) is 0 Å². The van der Waals surface area contributed by atoms with Crippen LogP contribution in [0.3, 0.4) is 0 Å². The summed E-state index contributed by atoms with van der Waals surface area (Å²) in [5.41, 5.74) is 0.558. The molecule has 2 nitrogen and oxygen atoms in total. The Morgan fingerprint density at radius 2 is 2.13 bits per heavy atom. The molecule has 1 N–H and O–H groups in total. The predicted molar refractivity (Wildman–Crippen MR) is 69.2 cm³/mol. The Morgan fingerprint density at radius 3 is 2.73 bits per heavy atom. The van der Waals surface area contributed by atoms with Gasteiger partial charge in [0.15, 0.2) is 0 Å². The van der Waals surface area contributed by atoms with E-state index in [1.807, 2.05) is 6.07 Å². The van der Waals surface area contributed by atoms with Crippen molar-refractivity contribution in [3.8, 4) is 0 Å². The van der Waals surface area contributed by atoms with Crippen molar-refractivity contribution in [2.45, 2.75) is 0 Å². The van der Waals surface area contributed by atoms with E-state index in [4.69, 9.17) is 11.6 Å². The molecule has 1 aromatic rings. The average molecular weight is 353 g/mol. The van der Waals surface area contributed by atoms with Crippen molar-refractivity contribution < 1.29 is 4.79 Å². The van der Waals surface area contributed by atoms with Gasteiger partial charge in [0.05, 0.1) is 12.1 Å². The zero-order valence-corrected chi connectivity index (χ0v) is 11.6. The highest BCUT2D eigenvalue weighted by Crippen LogP contribution is 2.21. The molecule has 1 aromatic carbocycles. The molecule has 0 heterocycles. The lowest BCUT2D eigenvalue weighted by atomic mass is 10.2. The van der Waals surface area contributed by atoms with Gasteiger partial charge >= 0.3 is 0 Å². The van der Waals surface area contributed by atoms with Gasteiger partial charge in [0, 0.05) is 14.0 Å². The maximum absolute atomic E-state index is 11.7. The first-order valence-electron chi connectivity index (χ1n) is 4.07. The number of amides is 1. The second-order valence-electron chi connectivity index (χ2n) is 2.82. The first kappa shape index (κ1) is 12.7. The van der Waals surface area contributed by atoms with E-state index in [-0.39, 0.29) is 12.5 Å². The van der Waals surface area contributed by atoms with Crippen LogP contribution in [-0.2, 0) is 0 Å². The quantitative estimate of drug-likeness (QED) is 0.882. The van der Waals surface area contributed by atoms with Gasteiger partial charge in [-0.1, -0.05) is 34.1 Å². The zero-order valence-electron chi connectivity index (χ0n) is 7.69. The third-order valence-corrected chi connectivity index (χ3v) is 2.93. The van der Waals surface area contributed by atoms with Crippen LogP contribution in [-0.4, -0.2) is 12.5 Å². The molecule has 15 heavy (non-hydrogen) atoms. The summed E-state index contributed by atoms with van der Waals surface area (Å²) in [4.78, 5) is 11.7. The van der Waals surface area contributed by atoms with Crippen LogP contribution in [0.4, 0.5) is 0 Å². The second kappa shape index (κ2) is 5.68. The number of halogens is 3. The lowest BCUT2D eigenvalue weighted by Crippen LogP contribution is -2.24. The molecule has 0 fully saturated rings. The van der Waals surface area contributed by atoms with Crippen LogP contribution >= 0.6 is 43.5 Å². The molecule has 0 aliphatic heterocycles. The van der Waals surface area contributed by atoms with Crippen molar-refractivity contribution in [2.24, 2.45) is 0 Å². The molecule has 80 valence electrons. The highest BCUT2D eigenvalue weighted by atomic mass is 79.9. The van der Waals surface area contributed by atoms with Gasteiger partial charge in [-0.05, 0) is 34.1 Å². The van der Waals surface area contributed by atoms with Crippen molar-refractivity contribution in [3.05, 3.63) is 44.3 Å². The summed E-state index contributed by atoms with van der Waals surface area (Å²) < 4.78 is 1.59. The van der Waals surface area contributed by atoms with Crippen molar-refractivity contribution in [3.63, 3.8) is 0 Å². The lowest BCUT2D eigenvalue weighted by molar-refractivity contribution is 0.0957. The van der Waals surface area contributed by atoms with Crippen LogP contribution in [0.1, 0.15) is 10.4 Å². The van der Waals surface area contributed by atoms with Crippen molar-refractivity contribution in [2.75, 3.05) is 6.54 Å². The molecule has 0 atom stereocenters. The Hall–Kier alpha value is -0.320. The normalized spacial score (nSPS) is 9.80. The van der Waals surface area contributed by atoms with E-state index < -0.39 is 0 Å². The maximum atomic E-state index is 11.7. The summed E-state index contributed by atoms with van der Waals surface area (Å²) in [6.07, 6.45) is 0. The minimum atomic E-state index is -0.190. The van der Waals surface area contributed by atoms with Gasteiger partial charge < -0.3 is 5.32 Å². The first-order valence-corrected chi connectivity index (χ1v) is 6.03. The van der Waals surface area contributed by atoms with Crippen LogP contribution in [0.2, 0.25) is 0 Å². The van der Waals surface area contributed by atoms with Gasteiger partial charge in [-0.3, -0.25) is 4.79 Å². The molecule has 5 heteroatoms.